The summed E-state index contributed by atoms with van der Waals surface area (Å²) in [4.78, 5) is 3.96. The number of nitrogens with one attached hydrogen (secondary N) is 1. The molecule has 0 radical (unpaired) electrons. The molecular weight excluding hydrogens is 174 g/mol. The Bertz CT molecular complexity index is 296. The molecule has 1 aromatic heterocycles. The Kier molecular flexibility index (Phi) is 4.13. The molecule has 14 heavy (non-hydrogen) atoms. The molecule has 0 spiro atoms. The Morgan fingerprint density at radius 1 is 1.71 bits per heavy atom. The van der Waals surface area contributed by atoms with E-state index >= 15 is 0 Å². The largest absolute Gasteiger partial charge is 0.384 e. The lowest BCUT2D eigenvalue weighted by molar-refractivity contribution is 0.566. The van der Waals surface area contributed by atoms with Gasteiger partial charge in [0, 0.05) is 12.2 Å². The summed E-state index contributed by atoms with van der Waals surface area (Å²) in [5, 5.41) is 3.24. The lowest BCUT2D eigenvalue weighted by Gasteiger charge is -2.13. The third-order valence-corrected chi connectivity index (χ3v) is 2.19. The van der Waals surface area contributed by atoms with Crippen LogP contribution < -0.4 is 11.1 Å². The molecule has 0 aromatic carbocycles. The van der Waals surface area contributed by atoms with Gasteiger partial charge in [-0.25, -0.2) is 4.98 Å². The van der Waals surface area contributed by atoms with E-state index in [-0.39, 0.29) is 0 Å². The highest BCUT2D eigenvalue weighted by Crippen LogP contribution is 2.08. The topological polar surface area (TPSA) is 50.9 Å². The van der Waals surface area contributed by atoms with Gasteiger partial charge in [0.2, 0.25) is 0 Å². The van der Waals surface area contributed by atoms with Crippen molar-refractivity contribution >= 4 is 5.82 Å². The van der Waals surface area contributed by atoms with Gasteiger partial charge in [-0.15, -0.1) is 6.58 Å². The molecule has 1 heterocycles. The Hall–Kier alpha value is -1.35. The molecule has 3 N–H and O–H groups in total. The molecular formula is C11H17N3. The third kappa shape index (κ3) is 3.18. The summed E-state index contributed by atoms with van der Waals surface area (Å²) in [5.41, 5.74) is 6.81. The van der Waals surface area contributed by atoms with E-state index in [0.717, 1.165) is 12.8 Å². The van der Waals surface area contributed by atoms with Gasteiger partial charge in [-0.2, -0.15) is 0 Å². The molecule has 0 aliphatic rings. The second-order valence-electron chi connectivity index (χ2n) is 3.30. The smallest absolute Gasteiger partial charge is 0.123 e. The van der Waals surface area contributed by atoms with Gasteiger partial charge in [0.15, 0.2) is 0 Å². The summed E-state index contributed by atoms with van der Waals surface area (Å²) < 4.78 is 0. The first kappa shape index (κ1) is 10.7. The van der Waals surface area contributed by atoms with Crippen LogP contribution in [0.2, 0.25) is 0 Å². The molecule has 0 aliphatic carbocycles. The van der Waals surface area contributed by atoms with Crippen molar-refractivity contribution in [3.05, 3.63) is 36.5 Å². The summed E-state index contributed by atoms with van der Waals surface area (Å²) in [7, 11) is 1.96. The molecule has 1 atom stereocenters. The van der Waals surface area contributed by atoms with Crippen molar-refractivity contribution in [1.29, 1.82) is 0 Å². The van der Waals surface area contributed by atoms with Crippen LogP contribution >= 0.6 is 0 Å². The van der Waals surface area contributed by atoms with Crippen LogP contribution in [-0.4, -0.2) is 18.1 Å². The highest BCUT2D eigenvalue weighted by molar-refractivity contribution is 5.32. The predicted octanol–water partition coefficient (Wildman–Crippen LogP) is 1.37. The summed E-state index contributed by atoms with van der Waals surface area (Å²) in [6.07, 6.45) is 5.57. The number of anilines is 1. The molecule has 0 bridgehead atoms. The summed E-state index contributed by atoms with van der Waals surface area (Å²) in [5.74, 6) is 0.580. The van der Waals surface area contributed by atoms with Crippen molar-refractivity contribution in [3.63, 3.8) is 0 Å². The van der Waals surface area contributed by atoms with Crippen molar-refractivity contribution in [3.8, 4) is 0 Å². The van der Waals surface area contributed by atoms with E-state index in [1.54, 1.807) is 6.20 Å². The quantitative estimate of drug-likeness (QED) is 0.691. The minimum atomic E-state index is 0.425. The number of hydrogen-bond acceptors (Lipinski definition) is 3. The number of nitrogens with two attached hydrogens (primary N) is 1. The lowest BCUT2D eigenvalue weighted by atomic mass is 10.0. The summed E-state index contributed by atoms with van der Waals surface area (Å²) in [6, 6.07) is 4.33. The van der Waals surface area contributed by atoms with E-state index in [2.05, 4.69) is 16.9 Å². The fourth-order valence-corrected chi connectivity index (χ4v) is 1.41. The van der Waals surface area contributed by atoms with Crippen molar-refractivity contribution < 1.29 is 0 Å². The van der Waals surface area contributed by atoms with Crippen LogP contribution in [0.4, 0.5) is 5.82 Å². The number of nitrogen functional groups attached to an aromatic ring is 1. The van der Waals surface area contributed by atoms with Gasteiger partial charge in [0.05, 0.1) is 0 Å². The Labute approximate surface area is 85.0 Å². The average molecular weight is 191 g/mol. The first-order chi connectivity index (χ1) is 6.76. The molecule has 1 rings (SSSR count). The van der Waals surface area contributed by atoms with Gasteiger partial charge in [-0.05, 0) is 37.6 Å². The van der Waals surface area contributed by atoms with Crippen LogP contribution in [0.5, 0.6) is 0 Å². The van der Waals surface area contributed by atoms with Crippen molar-refractivity contribution in [2.75, 3.05) is 12.8 Å². The minimum absolute atomic E-state index is 0.425. The number of hydrogen-bond donors (Lipinski definition) is 2. The molecule has 3 heteroatoms. The predicted molar refractivity (Wildman–Crippen MR) is 60.0 cm³/mol. The molecule has 0 saturated carbocycles. The summed E-state index contributed by atoms with van der Waals surface area (Å²) >= 11 is 0. The molecule has 0 fully saturated rings. The maximum atomic E-state index is 5.60. The Morgan fingerprint density at radius 3 is 3.07 bits per heavy atom. The van der Waals surface area contributed by atoms with E-state index in [9.17, 15) is 0 Å². The maximum Gasteiger partial charge on any atom is 0.123 e. The standard InChI is InChI=1S/C11H17N3/c1-3-4-10(13-2)7-9-5-6-14-11(12)8-9/h3,5-6,8,10,13H,1,4,7H2,2H3,(H2,12,14). The third-order valence-electron chi connectivity index (χ3n) is 2.19. The molecule has 1 aromatic rings. The minimum Gasteiger partial charge on any atom is -0.384 e. The van der Waals surface area contributed by atoms with Gasteiger partial charge in [-0.1, -0.05) is 6.08 Å². The number of pyridine rings is 1. The van der Waals surface area contributed by atoms with E-state index in [1.165, 1.54) is 5.56 Å². The Morgan fingerprint density at radius 2 is 2.50 bits per heavy atom. The van der Waals surface area contributed by atoms with Crippen LogP contribution in [0.3, 0.4) is 0 Å². The van der Waals surface area contributed by atoms with Gasteiger partial charge < -0.3 is 11.1 Å². The van der Waals surface area contributed by atoms with Crippen LogP contribution in [0.25, 0.3) is 0 Å². The summed E-state index contributed by atoms with van der Waals surface area (Å²) in [6.45, 7) is 3.73. The first-order valence-corrected chi connectivity index (χ1v) is 4.75. The number of aromatic nitrogens is 1. The lowest BCUT2D eigenvalue weighted by Crippen LogP contribution is -2.26. The molecule has 1 unspecified atom stereocenters. The van der Waals surface area contributed by atoms with Crippen molar-refractivity contribution in [2.24, 2.45) is 0 Å². The average Bonchev–Trinajstić information content (AvgIpc) is 2.17. The molecule has 0 saturated heterocycles. The second-order valence-corrected chi connectivity index (χ2v) is 3.30. The molecule has 0 amide bonds. The van der Waals surface area contributed by atoms with Crippen molar-refractivity contribution in [1.82, 2.24) is 10.3 Å². The van der Waals surface area contributed by atoms with Crippen LogP contribution in [-0.2, 0) is 6.42 Å². The molecule has 3 nitrogen and oxygen atoms in total. The SMILES string of the molecule is C=CCC(Cc1ccnc(N)c1)NC. The fourth-order valence-electron chi connectivity index (χ4n) is 1.41. The number of nitrogens with zero attached hydrogens (tertiary/aromatic N) is 1. The zero-order valence-electron chi connectivity index (χ0n) is 8.53. The highest BCUT2D eigenvalue weighted by Gasteiger charge is 2.05. The van der Waals surface area contributed by atoms with Gasteiger partial charge in [0.1, 0.15) is 5.82 Å². The Balaban J connectivity index is 2.61. The normalized spacial score (nSPS) is 12.4. The molecule has 0 aliphatic heterocycles. The van der Waals surface area contributed by atoms with E-state index in [0.29, 0.717) is 11.9 Å². The van der Waals surface area contributed by atoms with Crippen LogP contribution in [0.15, 0.2) is 31.0 Å². The highest BCUT2D eigenvalue weighted by atomic mass is 14.9. The zero-order valence-corrected chi connectivity index (χ0v) is 8.53. The first-order valence-electron chi connectivity index (χ1n) is 4.75. The fraction of sp³-hybridized carbons (Fsp3) is 0.364. The second kappa shape index (κ2) is 5.40. The van der Waals surface area contributed by atoms with E-state index in [1.807, 2.05) is 25.3 Å². The van der Waals surface area contributed by atoms with Crippen LogP contribution in [0, 0.1) is 0 Å². The van der Waals surface area contributed by atoms with Crippen LogP contribution in [0.1, 0.15) is 12.0 Å². The number of likely N-dealkylation sites (N-methyl/N-ethyl adjacent to an activating group) is 1. The van der Waals surface area contributed by atoms with E-state index < -0.39 is 0 Å². The maximum absolute atomic E-state index is 5.60. The van der Waals surface area contributed by atoms with E-state index in [4.69, 9.17) is 5.73 Å². The van der Waals surface area contributed by atoms with Gasteiger partial charge in [0.25, 0.3) is 0 Å². The van der Waals surface area contributed by atoms with Gasteiger partial charge in [-0.3, -0.25) is 0 Å². The molecule has 76 valence electrons. The zero-order chi connectivity index (χ0) is 10.4. The number of rotatable bonds is 5. The monoisotopic (exact) mass is 191 g/mol. The van der Waals surface area contributed by atoms with Crippen molar-refractivity contribution in [2.45, 2.75) is 18.9 Å². The van der Waals surface area contributed by atoms with Gasteiger partial charge >= 0.3 is 0 Å².